The van der Waals surface area contributed by atoms with Crippen molar-refractivity contribution in [1.82, 2.24) is 4.90 Å². The molecule has 1 aliphatic heterocycles. The van der Waals surface area contributed by atoms with Crippen LogP contribution in [0.1, 0.15) is 5.56 Å². The van der Waals surface area contributed by atoms with E-state index in [9.17, 15) is 15.0 Å². The first-order chi connectivity index (χ1) is 10.2. The highest BCUT2D eigenvalue weighted by molar-refractivity contribution is 5.81. The molecule has 0 radical (unpaired) electrons. The number of hydrogen-bond donors (Lipinski definition) is 2. The predicted molar refractivity (Wildman–Crippen MR) is 76.3 cm³/mol. The quantitative estimate of drug-likeness (QED) is 0.810. The molecule has 1 aromatic heterocycles. The Morgan fingerprint density at radius 1 is 1.33 bits per heavy atom. The molecule has 1 unspecified atom stereocenters. The molecule has 1 aliphatic rings. The van der Waals surface area contributed by atoms with Crippen LogP contribution >= 0.6 is 0 Å². The molecule has 1 aromatic carbocycles. The van der Waals surface area contributed by atoms with Crippen LogP contribution in [-0.4, -0.2) is 47.5 Å². The average Bonchev–Trinajstić information content (AvgIpc) is 2.47. The summed E-state index contributed by atoms with van der Waals surface area (Å²) >= 11 is 0. The van der Waals surface area contributed by atoms with Gasteiger partial charge in [-0.15, -0.1) is 0 Å². The number of aliphatic hydroxyl groups excluding tert-OH is 1. The highest BCUT2D eigenvalue weighted by atomic mass is 16.5. The number of aliphatic hydroxyl groups is 1. The SMILES string of the molecule is O=c1cc(CN2CCOCC2CO)c2ccc(O)cc2o1. The second kappa shape index (κ2) is 5.85. The Hall–Kier alpha value is -1.89. The van der Waals surface area contributed by atoms with Crippen LogP contribution in [0, 0.1) is 0 Å². The van der Waals surface area contributed by atoms with Crippen LogP contribution in [0.25, 0.3) is 11.0 Å². The number of ether oxygens (including phenoxy) is 1. The molecule has 0 spiro atoms. The van der Waals surface area contributed by atoms with Gasteiger partial charge in [-0.3, -0.25) is 4.90 Å². The Kier molecular flexibility index (Phi) is 3.92. The second-order valence-electron chi connectivity index (χ2n) is 5.15. The standard InChI is InChI=1S/C15H17NO5/c17-8-11-9-20-4-3-16(11)7-10-5-15(19)21-14-6-12(18)1-2-13(10)14/h1-2,5-6,11,17-18H,3-4,7-9H2. The van der Waals surface area contributed by atoms with Crippen LogP contribution in [0.5, 0.6) is 5.75 Å². The predicted octanol–water partition coefficient (Wildman–Crippen LogP) is 0.692. The number of hydrogen-bond acceptors (Lipinski definition) is 6. The van der Waals surface area contributed by atoms with E-state index in [0.717, 1.165) is 10.9 Å². The summed E-state index contributed by atoms with van der Waals surface area (Å²) < 4.78 is 10.5. The first-order valence-electron chi connectivity index (χ1n) is 6.86. The summed E-state index contributed by atoms with van der Waals surface area (Å²) in [6.07, 6.45) is 0. The fraction of sp³-hybridized carbons (Fsp3) is 0.400. The molecule has 112 valence electrons. The van der Waals surface area contributed by atoms with E-state index in [-0.39, 0.29) is 18.4 Å². The molecule has 0 amide bonds. The molecule has 2 heterocycles. The Morgan fingerprint density at radius 2 is 2.19 bits per heavy atom. The summed E-state index contributed by atoms with van der Waals surface area (Å²) in [6.45, 7) is 2.33. The number of nitrogens with zero attached hydrogens (tertiary/aromatic N) is 1. The first-order valence-corrected chi connectivity index (χ1v) is 6.86. The van der Waals surface area contributed by atoms with Gasteiger partial charge in [0.2, 0.25) is 0 Å². The highest BCUT2D eigenvalue weighted by Gasteiger charge is 2.23. The first kappa shape index (κ1) is 14.1. The Bertz CT molecular complexity index is 696. The van der Waals surface area contributed by atoms with Gasteiger partial charge in [0.1, 0.15) is 11.3 Å². The smallest absolute Gasteiger partial charge is 0.336 e. The molecule has 0 bridgehead atoms. The van der Waals surface area contributed by atoms with Gasteiger partial charge in [0.15, 0.2) is 0 Å². The molecule has 0 aliphatic carbocycles. The topological polar surface area (TPSA) is 83.1 Å². The van der Waals surface area contributed by atoms with Gasteiger partial charge < -0.3 is 19.4 Å². The summed E-state index contributed by atoms with van der Waals surface area (Å²) in [6, 6.07) is 6.12. The molecule has 1 atom stereocenters. The second-order valence-corrected chi connectivity index (χ2v) is 5.15. The molecule has 0 saturated carbocycles. The number of benzene rings is 1. The largest absolute Gasteiger partial charge is 0.508 e. The molecule has 1 saturated heterocycles. The minimum Gasteiger partial charge on any atom is -0.508 e. The molecular formula is C15H17NO5. The fourth-order valence-corrected chi connectivity index (χ4v) is 2.63. The van der Waals surface area contributed by atoms with E-state index >= 15 is 0 Å². The highest BCUT2D eigenvalue weighted by Crippen LogP contribution is 2.23. The molecular weight excluding hydrogens is 274 g/mol. The molecule has 2 N–H and O–H groups in total. The third-order valence-electron chi connectivity index (χ3n) is 3.75. The van der Waals surface area contributed by atoms with Gasteiger partial charge in [-0.25, -0.2) is 4.79 Å². The lowest BCUT2D eigenvalue weighted by molar-refractivity contribution is -0.0311. The molecule has 6 heteroatoms. The van der Waals surface area contributed by atoms with E-state index in [1.807, 2.05) is 0 Å². The Morgan fingerprint density at radius 3 is 3.00 bits per heavy atom. The van der Waals surface area contributed by atoms with Crippen LogP contribution in [0.3, 0.4) is 0 Å². The van der Waals surface area contributed by atoms with Crippen molar-refractivity contribution in [2.75, 3.05) is 26.4 Å². The van der Waals surface area contributed by atoms with Crippen LogP contribution in [-0.2, 0) is 11.3 Å². The average molecular weight is 291 g/mol. The zero-order valence-corrected chi connectivity index (χ0v) is 11.5. The van der Waals surface area contributed by atoms with Crippen molar-refractivity contribution in [1.29, 1.82) is 0 Å². The zero-order valence-electron chi connectivity index (χ0n) is 11.5. The van der Waals surface area contributed by atoms with E-state index in [0.29, 0.717) is 31.9 Å². The van der Waals surface area contributed by atoms with Crippen molar-refractivity contribution in [3.63, 3.8) is 0 Å². The number of morpholine rings is 1. The number of phenols is 1. The van der Waals surface area contributed by atoms with E-state index in [2.05, 4.69) is 4.90 Å². The monoisotopic (exact) mass is 291 g/mol. The van der Waals surface area contributed by atoms with Gasteiger partial charge in [-0.1, -0.05) is 0 Å². The summed E-state index contributed by atoms with van der Waals surface area (Å²) in [7, 11) is 0. The van der Waals surface area contributed by atoms with E-state index in [1.54, 1.807) is 12.1 Å². The van der Waals surface area contributed by atoms with Crippen molar-refractivity contribution in [2.45, 2.75) is 12.6 Å². The van der Waals surface area contributed by atoms with Gasteiger partial charge >= 0.3 is 5.63 Å². The third kappa shape index (κ3) is 2.92. The Labute approximate surface area is 121 Å². The minimum absolute atomic E-state index is 0.0140. The zero-order chi connectivity index (χ0) is 14.8. The van der Waals surface area contributed by atoms with Crippen LogP contribution < -0.4 is 5.63 Å². The lowest BCUT2D eigenvalue weighted by atomic mass is 10.1. The van der Waals surface area contributed by atoms with E-state index in [4.69, 9.17) is 9.15 Å². The lowest BCUT2D eigenvalue weighted by Crippen LogP contribution is -2.46. The van der Waals surface area contributed by atoms with Gasteiger partial charge in [0.05, 0.1) is 25.9 Å². The Balaban J connectivity index is 1.97. The summed E-state index contributed by atoms with van der Waals surface area (Å²) in [4.78, 5) is 13.8. The maximum atomic E-state index is 11.7. The third-order valence-corrected chi connectivity index (χ3v) is 3.75. The van der Waals surface area contributed by atoms with Crippen molar-refractivity contribution in [2.24, 2.45) is 0 Å². The van der Waals surface area contributed by atoms with Gasteiger partial charge in [0, 0.05) is 30.6 Å². The number of aromatic hydroxyl groups is 1. The van der Waals surface area contributed by atoms with Crippen LogP contribution in [0.2, 0.25) is 0 Å². The molecule has 1 fully saturated rings. The normalized spacial score (nSPS) is 20.0. The van der Waals surface area contributed by atoms with Crippen molar-refractivity contribution < 1.29 is 19.4 Å². The molecule has 3 rings (SSSR count). The molecule has 21 heavy (non-hydrogen) atoms. The molecule has 2 aromatic rings. The lowest BCUT2D eigenvalue weighted by Gasteiger charge is -2.34. The van der Waals surface area contributed by atoms with Crippen molar-refractivity contribution in [3.8, 4) is 5.75 Å². The van der Waals surface area contributed by atoms with Gasteiger partial charge in [-0.05, 0) is 17.7 Å². The summed E-state index contributed by atoms with van der Waals surface area (Å²) in [5.41, 5.74) is 0.741. The van der Waals surface area contributed by atoms with Gasteiger partial charge in [-0.2, -0.15) is 0 Å². The number of phenolic OH excluding ortho intramolecular Hbond substituents is 1. The number of rotatable bonds is 3. The maximum absolute atomic E-state index is 11.7. The van der Waals surface area contributed by atoms with E-state index in [1.165, 1.54) is 12.1 Å². The van der Waals surface area contributed by atoms with Crippen LogP contribution in [0.4, 0.5) is 0 Å². The van der Waals surface area contributed by atoms with Crippen molar-refractivity contribution >= 4 is 11.0 Å². The number of fused-ring (bicyclic) bond motifs is 1. The fourth-order valence-electron chi connectivity index (χ4n) is 2.63. The van der Waals surface area contributed by atoms with Gasteiger partial charge in [0.25, 0.3) is 0 Å². The summed E-state index contributed by atoms with van der Waals surface area (Å²) in [5.74, 6) is 0.0578. The van der Waals surface area contributed by atoms with E-state index < -0.39 is 5.63 Å². The summed E-state index contributed by atoms with van der Waals surface area (Å²) in [5, 5.41) is 19.7. The molecule has 6 nitrogen and oxygen atoms in total. The van der Waals surface area contributed by atoms with Crippen LogP contribution in [0.15, 0.2) is 33.5 Å². The van der Waals surface area contributed by atoms with Crippen molar-refractivity contribution in [3.05, 3.63) is 40.2 Å². The maximum Gasteiger partial charge on any atom is 0.336 e. The minimum atomic E-state index is -0.447.